The molecule has 1 fully saturated rings. The molecule has 0 unspecified atom stereocenters. The average molecular weight is 285 g/mol. The molecule has 0 spiro atoms. The van der Waals surface area contributed by atoms with Crippen molar-refractivity contribution in [3.8, 4) is 0 Å². The van der Waals surface area contributed by atoms with Crippen LogP contribution in [0.25, 0.3) is 0 Å². The first kappa shape index (κ1) is 13.9. The lowest BCUT2D eigenvalue weighted by Crippen LogP contribution is -2.21. The Kier molecular flexibility index (Phi) is 4.08. The van der Waals surface area contributed by atoms with E-state index in [1.165, 1.54) is 5.56 Å². The molecular weight excluding hydrogens is 266 g/mol. The van der Waals surface area contributed by atoms with Crippen molar-refractivity contribution >= 4 is 5.95 Å². The van der Waals surface area contributed by atoms with Crippen LogP contribution in [-0.4, -0.2) is 44.2 Å². The minimum absolute atomic E-state index is 0.252. The number of aliphatic hydroxyl groups is 1. The zero-order valence-corrected chi connectivity index (χ0v) is 11.8. The fraction of sp³-hybridized carbons (Fsp3) is 0.400. The van der Waals surface area contributed by atoms with Crippen molar-refractivity contribution in [2.45, 2.75) is 19.1 Å². The maximum atomic E-state index is 10.2. The maximum absolute atomic E-state index is 10.2. The van der Waals surface area contributed by atoms with E-state index in [0.717, 1.165) is 25.1 Å². The number of likely N-dealkylation sites (tertiary alicyclic amines) is 1. The molecule has 1 aliphatic rings. The molecule has 0 radical (unpaired) electrons. The van der Waals surface area contributed by atoms with Crippen LogP contribution in [0.1, 0.15) is 11.1 Å². The molecule has 110 valence electrons. The van der Waals surface area contributed by atoms with Crippen LogP contribution in [0.15, 0.2) is 36.9 Å². The van der Waals surface area contributed by atoms with E-state index in [-0.39, 0.29) is 18.0 Å². The zero-order valence-electron chi connectivity index (χ0n) is 11.8. The quantitative estimate of drug-likeness (QED) is 0.850. The number of aromatic nitrogens is 3. The monoisotopic (exact) mass is 285 g/mol. The van der Waals surface area contributed by atoms with Gasteiger partial charge in [-0.25, -0.2) is 9.97 Å². The molecule has 6 nitrogen and oxygen atoms in total. The molecule has 3 rings (SSSR count). The van der Waals surface area contributed by atoms with Crippen molar-refractivity contribution in [2.75, 3.05) is 18.8 Å². The third-order valence-corrected chi connectivity index (χ3v) is 3.86. The highest BCUT2D eigenvalue weighted by atomic mass is 16.3. The van der Waals surface area contributed by atoms with Gasteiger partial charge in [0.25, 0.3) is 0 Å². The van der Waals surface area contributed by atoms with E-state index in [1.807, 2.05) is 12.1 Å². The fourth-order valence-corrected chi connectivity index (χ4v) is 2.80. The minimum atomic E-state index is -0.298. The Morgan fingerprint density at radius 2 is 1.86 bits per heavy atom. The second-order valence-electron chi connectivity index (χ2n) is 5.53. The van der Waals surface area contributed by atoms with Gasteiger partial charge in [0.05, 0.1) is 6.10 Å². The van der Waals surface area contributed by atoms with Gasteiger partial charge < -0.3 is 10.8 Å². The van der Waals surface area contributed by atoms with Crippen LogP contribution in [-0.2, 0) is 13.0 Å². The number of aliphatic hydroxyl groups excluding tert-OH is 1. The van der Waals surface area contributed by atoms with E-state index >= 15 is 0 Å². The van der Waals surface area contributed by atoms with Gasteiger partial charge in [0.15, 0.2) is 0 Å². The molecule has 1 saturated heterocycles. The number of β-amino-alcohol motifs (C(OH)–C–C–N with tert-alkyl or cyclic N) is 1. The van der Waals surface area contributed by atoms with Crippen LogP contribution >= 0.6 is 0 Å². The Hall–Kier alpha value is -2.05. The summed E-state index contributed by atoms with van der Waals surface area (Å²) < 4.78 is 0. The van der Waals surface area contributed by atoms with E-state index in [0.29, 0.717) is 6.54 Å². The lowest BCUT2D eigenvalue weighted by atomic mass is 9.97. The second kappa shape index (κ2) is 6.15. The van der Waals surface area contributed by atoms with Gasteiger partial charge in [-0.3, -0.25) is 9.88 Å². The number of rotatable bonds is 4. The van der Waals surface area contributed by atoms with Crippen molar-refractivity contribution in [1.82, 2.24) is 19.9 Å². The topological polar surface area (TPSA) is 88.2 Å². The van der Waals surface area contributed by atoms with Crippen LogP contribution in [0.2, 0.25) is 0 Å². The number of nitrogens with zero attached hydrogens (tertiary/aromatic N) is 4. The van der Waals surface area contributed by atoms with Crippen LogP contribution < -0.4 is 5.73 Å². The molecule has 0 aliphatic carbocycles. The predicted octanol–water partition coefficient (Wildman–Crippen LogP) is 0.489. The number of hydrogen-bond acceptors (Lipinski definition) is 6. The van der Waals surface area contributed by atoms with Gasteiger partial charge in [-0.1, -0.05) is 0 Å². The molecule has 6 heteroatoms. The second-order valence-corrected chi connectivity index (χ2v) is 5.53. The number of nitrogen functional groups attached to an aromatic ring is 1. The summed E-state index contributed by atoms with van der Waals surface area (Å²) in [7, 11) is 0. The number of nitrogens with two attached hydrogens (primary N) is 1. The summed E-state index contributed by atoms with van der Waals surface area (Å²) in [5, 5.41) is 10.2. The molecule has 2 aromatic heterocycles. The van der Waals surface area contributed by atoms with Crippen LogP contribution in [0.4, 0.5) is 5.95 Å². The molecule has 0 saturated carbocycles. The van der Waals surface area contributed by atoms with Gasteiger partial charge in [0.1, 0.15) is 0 Å². The lowest BCUT2D eigenvalue weighted by molar-refractivity contribution is 0.141. The molecule has 21 heavy (non-hydrogen) atoms. The Bertz CT molecular complexity index is 574. The Labute approximate surface area is 123 Å². The molecule has 1 aliphatic heterocycles. The highest BCUT2D eigenvalue weighted by Gasteiger charge is 2.31. The Morgan fingerprint density at radius 1 is 1.14 bits per heavy atom. The van der Waals surface area contributed by atoms with E-state index in [9.17, 15) is 5.11 Å². The van der Waals surface area contributed by atoms with Gasteiger partial charge in [0.2, 0.25) is 5.95 Å². The summed E-state index contributed by atoms with van der Waals surface area (Å²) in [6.45, 7) is 2.29. The third kappa shape index (κ3) is 3.53. The summed E-state index contributed by atoms with van der Waals surface area (Å²) in [6, 6.07) is 4.01. The smallest absolute Gasteiger partial charge is 0.219 e. The average Bonchev–Trinajstić information content (AvgIpc) is 2.82. The van der Waals surface area contributed by atoms with Crippen molar-refractivity contribution in [3.63, 3.8) is 0 Å². The molecule has 0 aromatic carbocycles. The van der Waals surface area contributed by atoms with Crippen LogP contribution in [0, 0.1) is 5.92 Å². The van der Waals surface area contributed by atoms with Crippen molar-refractivity contribution in [3.05, 3.63) is 48.0 Å². The third-order valence-electron chi connectivity index (χ3n) is 3.86. The lowest BCUT2D eigenvalue weighted by Gasteiger charge is -2.15. The van der Waals surface area contributed by atoms with Crippen molar-refractivity contribution < 1.29 is 5.11 Å². The maximum Gasteiger partial charge on any atom is 0.219 e. The Balaban J connectivity index is 1.59. The molecule has 2 aromatic rings. The summed E-state index contributed by atoms with van der Waals surface area (Å²) in [5.41, 5.74) is 7.71. The molecule has 0 bridgehead atoms. The van der Waals surface area contributed by atoms with Gasteiger partial charge >= 0.3 is 0 Å². The normalized spacial score (nSPS) is 22.5. The Morgan fingerprint density at radius 3 is 2.57 bits per heavy atom. The van der Waals surface area contributed by atoms with Crippen molar-refractivity contribution in [1.29, 1.82) is 0 Å². The van der Waals surface area contributed by atoms with E-state index in [4.69, 9.17) is 5.73 Å². The summed E-state index contributed by atoms with van der Waals surface area (Å²) in [5.74, 6) is 0.540. The van der Waals surface area contributed by atoms with E-state index in [1.54, 1.807) is 24.8 Å². The standard InChI is InChI=1S/C15H19N5O/c16-15-18-6-12(7-19-15)8-20-9-13(14(21)10-20)5-11-1-3-17-4-2-11/h1-4,6-7,13-14,21H,5,8-10H2,(H2,16,18,19)/t13-,14+/m1/s1. The van der Waals surface area contributed by atoms with Gasteiger partial charge in [0, 0.05) is 55.9 Å². The summed E-state index contributed by atoms with van der Waals surface area (Å²) in [6.07, 6.45) is 7.64. The first-order valence-electron chi connectivity index (χ1n) is 7.06. The molecule has 3 N–H and O–H groups in total. The molecule has 0 amide bonds. The van der Waals surface area contributed by atoms with Gasteiger partial charge in [-0.2, -0.15) is 0 Å². The highest BCUT2D eigenvalue weighted by Crippen LogP contribution is 2.22. The first-order chi connectivity index (χ1) is 10.2. The van der Waals surface area contributed by atoms with Crippen LogP contribution in [0.5, 0.6) is 0 Å². The number of hydrogen-bond donors (Lipinski definition) is 2. The van der Waals surface area contributed by atoms with E-state index in [2.05, 4.69) is 19.9 Å². The van der Waals surface area contributed by atoms with Gasteiger partial charge in [-0.15, -0.1) is 0 Å². The predicted molar refractivity (Wildman–Crippen MR) is 79.2 cm³/mol. The highest BCUT2D eigenvalue weighted by molar-refractivity contribution is 5.17. The molecular formula is C15H19N5O. The van der Waals surface area contributed by atoms with Crippen LogP contribution in [0.3, 0.4) is 0 Å². The largest absolute Gasteiger partial charge is 0.391 e. The minimum Gasteiger partial charge on any atom is -0.391 e. The van der Waals surface area contributed by atoms with Crippen molar-refractivity contribution in [2.24, 2.45) is 5.92 Å². The summed E-state index contributed by atoms with van der Waals surface area (Å²) in [4.78, 5) is 14.2. The molecule has 2 atom stereocenters. The first-order valence-corrected chi connectivity index (χ1v) is 7.06. The number of anilines is 1. The summed E-state index contributed by atoms with van der Waals surface area (Å²) >= 11 is 0. The van der Waals surface area contributed by atoms with E-state index < -0.39 is 0 Å². The number of pyridine rings is 1. The zero-order chi connectivity index (χ0) is 14.7. The van der Waals surface area contributed by atoms with Gasteiger partial charge in [-0.05, 0) is 24.1 Å². The SMILES string of the molecule is Nc1ncc(CN2C[C@@H](Cc3ccncc3)[C@@H](O)C2)cn1. The fourth-order valence-electron chi connectivity index (χ4n) is 2.80. The molecule has 3 heterocycles.